The Morgan fingerprint density at radius 1 is 1.00 bits per heavy atom. The number of hydrogen-bond donors (Lipinski definition) is 1. The van der Waals surface area contributed by atoms with Crippen molar-refractivity contribution in [3.05, 3.63) is 70.1 Å². The first-order chi connectivity index (χ1) is 13.6. The minimum absolute atomic E-state index is 0.108. The largest absolute Gasteiger partial charge is 0.497 e. The summed E-state index contributed by atoms with van der Waals surface area (Å²) in [6.07, 6.45) is 1.69. The van der Waals surface area contributed by atoms with Gasteiger partial charge in [-0.3, -0.25) is 14.9 Å². The highest BCUT2D eigenvalue weighted by Gasteiger charge is 2.17. The van der Waals surface area contributed by atoms with E-state index in [9.17, 15) is 4.79 Å². The fraction of sp³-hybridized carbons (Fsp3) is 0.273. The Bertz CT molecular complexity index is 1010. The first kappa shape index (κ1) is 19.5. The maximum atomic E-state index is 13.2. The Labute approximate surface area is 164 Å². The molecule has 0 aliphatic rings. The van der Waals surface area contributed by atoms with Gasteiger partial charge in [-0.05, 0) is 61.9 Å². The maximum absolute atomic E-state index is 13.2. The Morgan fingerprint density at radius 3 is 2.11 bits per heavy atom. The van der Waals surface area contributed by atoms with Crippen LogP contribution in [0.25, 0.3) is 5.69 Å². The SMILES string of the molecule is CCCc1[nH]n(-c2ccc(OC)cc2)c(=O)c1C(C)=Nc1ccc(OC)cc1. The molecule has 0 aliphatic heterocycles. The molecule has 146 valence electrons. The first-order valence-electron chi connectivity index (χ1n) is 9.25. The second-order valence-corrected chi connectivity index (χ2v) is 6.45. The van der Waals surface area contributed by atoms with Gasteiger partial charge in [-0.25, -0.2) is 4.68 Å². The van der Waals surface area contributed by atoms with Crippen molar-refractivity contribution in [2.24, 2.45) is 4.99 Å². The number of methoxy groups -OCH3 is 2. The zero-order chi connectivity index (χ0) is 20.1. The molecular formula is C22H25N3O3. The number of aliphatic imine (C=N–C) groups is 1. The minimum atomic E-state index is -0.108. The molecule has 0 fully saturated rings. The van der Waals surface area contributed by atoms with Crippen LogP contribution < -0.4 is 15.0 Å². The van der Waals surface area contributed by atoms with Crippen molar-refractivity contribution in [1.29, 1.82) is 0 Å². The van der Waals surface area contributed by atoms with Crippen molar-refractivity contribution >= 4 is 11.4 Å². The van der Waals surface area contributed by atoms with E-state index in [2.05, 4.69) is 17.0 Å². The Hall–Kier alpha value is -3.28. The minimum Gasteiger partial charge on any atom is -0.497 e. The summed E-state index contributed by atoms with van der Waals surface area (Å²) >= 11 is 0. The van der Waals surface area contributed by atoms with Crippen LogP contribution in [0.15, 0.2) is 58.3 Å². The molecule has 28 heavy (non-hydrogen) atoms. The molecule has 0 amide bonds. The fourth-order valence-corrected chi connectivity index (χ4v) is 3.11. The molecule has 0 unspecified atom stereocenters. The Kier molecular flexibility index (Phi) is 5.99. The maximum Gasteiger partial charge on any atom is 0.280 e. The van der Waals surface area contributed by atoms with E-state index in [-0.39, 0.29) is 5.56 Å². The van der Waals surface area contributed by atoms with E-state index in [4.69, 9.17) is 9.47 Å². The van der Waals surface area contributed by atoms with Gasteiger partial charge in [-0.1, -0.05) is 13.3 Å². The van der Waals surface area contributed by atoms with Crippen molar-refractivity contribution in [2.75, 3.05) is 14.2 Å². The van der Waals surface area contributed by atoms with E-state index in [1.165, 1.54) is 0 Å². The predicted molar refractivity (Wildman–Crippen MR) is 112 cm³/mol. The molecule has 1 heterocycles. The van der Waals surface area contributed by atoms with E-state index in [1.54, 1.807) is 18.9 Å². The predicted octanol–water partition coefficient (Wildman–Crippen LogP) is 4.28. The fourth-order valence-electron chi connectivity index (χ4n) is 3.11. The molecule has 2 aromatic carbocycles. The molecular weight excluding hydrogens is 354 g/mol. The van der Waals surface area contributed by atoms with Gasteiger partial charge in [0.1, 0.15) is 11.5 Å². The van der Waals surface area contributed by atoms with Gasteiger partial charge in [0.25, 0.3) is 5.56 Å². The molecule has 1 N–H and O–H groups in total. The van der Waals surface area contributed by atoms with E-state index < -0.39 is 0 Å². The van der Waals surface area contributed by atoms with Gasteiger partial charge in [-0.15, -0.1) is 0 Å². The van der Waals surface area contributed by atoms with Crippen molar-refractivity contribution in [1.82, 2.24) is 9.78 Å². The number of benzene rings is 2. The van der Waals surface area contributed by atoms with Crippen LogP contribution in [0.5, 0.6) is 11.5 Å². The molecule has 0 saturated carbocycles. The number of H-pyrrole nitrogens is 1. The number of aromatic amines is 1. The lowest BCUT2D eigenvalue weighted by Crippen LogP contribution is -2.19. The van der Waals surface area contributed by atoms with Crippen LogP contribution in [0.2, 0.25) is 0 Å². The quantitative estimate of drug-likeness (QED) is 0.623. The zero-order valence-electron chi connectivity index (χ0n) is 16.7. The number of nitrogens with zero attached hydrogens (tertiary/aromatic N) is 2. The third-order valence-corrected chi connectivity index (χ3v) is 4.53. The number of rotatable bonds is 7. The monoisotopic (exact) mass is 379 g/mol. The van der Waals surface area contributed by atoms with Crippen LogP contribution >= 0.6 is 0 Å². The van der Waals surface area contributed by atoms with E-state index >= 15 is 0 Å². The summed E-state index contributed by atoms with van der Waals surface area (Å²) in [5.74, 6) is 1.52. The van der Waals surface area contributed by atoms with Crippen LogP contribution in [0.4, 0.5) is 5.69 Å². The van der Waals surface area contributed by atoms with Gasteiger partial charge in [0.2, 0.25) is 0 Å². The summed E-state index contributed by atoms with van der Waals surface area (Å²) in [6.45, 7) is 3.95. The molecule has 6 heteroatoms. The highest BCUT2D eigenvalue weighted by molar-refractivity contribution is 6.01. The summed E-state index contributed by atoms with van der Waals surface area (Å²) in [4.78, 5) is 17.8. The second-order valence-electron chi connectivity index (χ2n) is 6.45. The lowest BCUT2D eigenvalue weighted by Gasteiger charge is -2.03. The van der Waals surface area contributed by atoms with E-state index in [0.717, 1.165) is 41.4 Å². The van der Waals surface area contributed by atoms with Crippen LogP contribution in [-0.4, -0.2) is 29.7 Å². The summed E-state index contributed by atoms with van der Waals surface area (Å²) in [7, 11) is 3.24. The van der Waals surface area contributed by atoms with Gasteiger partial charge in [-0.2, -0.15) is 0 Å². The molecule has 0 aliphatic carbocycles. The molecule has 0 saturated heterocycles. The molecule has 3 aromatic rings. The zero-order valence-corrected chi connectivity index (χ0v) is 16.7. The van der Waals surface area contributed by atoms with Crippen LogP contribution in [-0.2, 0) is 6.42 Å². The highest BCUT2D eigenvalue weighted by atomic mass is 16.5. The average molecular weight is 379 g/mol. The lowest BCUT2D eigenvalue weighted by atomic mass is 10.1. The summed E-state index contributed by atoms with van der Waals surface area (Å²) in [6, 6.07) is 14.8. The highest BCUT2D eigenvalue weighted by Crippen LogP contribution is 2.20. The standard InChI is InChI=1S/C22H25N3O3/c1-5-6-20-21(15(2)23-16-7-11-18(27-3)12-8-16)22(26)25(24-20)17-9-13-19(28-4)14-10-17/h7-14,24H,5-6H2,1-4H3. The Balaban J connectivity index is 2.04. The molecule has 0 atom stereocenters. The van der Waals surface area contributed by atoms with Crippen molar-refractivity contribution in [3.8, 4) is 17.2 Å². The van der Waals surface area contributed by atoms with Crippen LogP contribution in [0.3, 0.4) is 0 Å². The lowest BCUT2D eigenvalue weighted by molar-refractivity contribution is 0.414. The van der Waals surface area contributed by atoms with Crippen molar-refractivity contribution < 1.29 is 9.47 Å². The van der Waals surface area contributed by atoms with Crippen LogP contribution in [0.1, 0.15) is 31.5 Å². The summed E-state index contributed by atoms with van der Waals surface area (Å²) in [5.41, 5.74) is 3.61. The van der Waals surface area contributed by atoms with E-state index in [1.807, 2.05) is 55.5 Å². The molecule has 0 radical (unpaired) electrons. The number of ether oxygens (including phenoxy) is 2. The molecule has 1 aromatic heterocycles. The smallest absolute Gasteiger partial charge is 0.280 e. The summed E-state index contributed by atoms with van der Waals surface area (Å²) < 4.78 is 11.9. The number of nitrogens with one attached hydrogen (secondary N) is 1. The third kappa shape index (κ3) is 4.01. The number of hydrogen-bond acceptors (Lipinski definition) is 4. The van der Waals surface area contributed by atoms with Crippen molar-refractivity contribution in [2.45, 2.75) is 26.7 Å². The van der Waals surface area contributed by atoms with Gasteiger partial charge >= 0.3 is 0 Å². The van der Waals surface area contributed by atoms with Crippen LogP contribution in [0, 0.1) is 0 Å². The third-order valence-electron chi connectivity index (χ3n) is 4.53. The number of aromatic nitrogens is 2. The van der Waals surface area contributed by atoms with Crippen molar-refractivity contribution in [3.63, 3.8) is 0 Å². The van der Waals surface area contributed by atoms with Gasteiger partial charge in [0, 0.05) is 5.69 Å². The van der Waals surface area contributed by atoms with Gasteiger partial charge in [0.05, 0.1) is 36.9 Å². The van der Waals surface area contributed by atoms with E-state index in [0.29, 0.717) is 11.3 Å². The van der Waals surface area contributed by atoms with Gasteiger partial charge < -0.3 is 9.47 Å². The molecule has 0 bridgehead atoms. The normalized spacial score (nSPS) is 11.5. The molecule has 6 nitrogen and oxygen atoms in total. The number of aryl methyl sites for hydroxylation is 1. The first-order valence-corrected chi connectivity index (χ1v) is 9.25. The molecule has 0 spiro atoms. The average Bonchev–Trinajstić information content (AvgIpc) is 3.05. The Morgan fingerprint density at radius 2 is 1.57 bits per heavy atom. The van der Waals surface area contributed by atoms with Gasteiger partial charge in [0.15, 0.2) is 0 Å². The topological polar surface area (TPSA) is 68.6 Å². The second kappa shape index (κ2) is 8.61. The molecule has 3 rings (SSSR count). The summed E-state index contributed by atoms with van der Waals surface area (Å²) in [5, 5.41) is 3.25.